The van der Waals surface area contributed by atoms with Gasteiger partial charge in [-0.15, -0.1) is 0 Å². The molecule has 27 heavy (non-hydrogen) atoms. The van der Waals surface area contributed by atoms with Gasteiger partial charge in [0.05, 0.1) is 0 Å². The molecule has 2 rings (SSSR count). The third-order valence-electron chi connectivity index (χ3n) is 4.31. The Kier molecular flexibility index (Phi) is 7.11. The molecule has 0 saturated carbocycles. The minimum Gasteiger partial charge on any atom is -0.490 e. The summed E-state index contributed by atoms with van der Waals surface area (Å²) >= 11 is 0. The van der Waals surface area contributed by atoms with Gasteiger partial charge in [-0.3, -0.25) is 14.4 Å². The predicted octanol–water partition coefficient (Wildman–Crippen LogP) is 4.46. The maximum absolute atomic E-state index is 12.4. The number of Topliss-reactive ketones (excluding diaryl/α,β-unsaturated/α-hetero) is 2. The zero-order valence-corrected chi connectivity index (χ0v) is 16.3. The van der Waals surface area contributed by atoms with Crippen LogP contribution in [-0.2, 0) is 9.53 Å². The van der Waals surface area contributed by atoms with Crippen LogP contribution >= 0.6 is 0 Å². The minimum atomic E-state index is -1.36. The van der Waals surface area contributed by atoms with Crippen LogP contribution in [0.15, 0.2) is 41.5 Å². The molecular formula is C22H26O5. The lowest BCUT2D eigenvalue weighted by molar-refractivity contribution is -0.144. The van der Waals surface area contributed by atoms with Crippen molar-refractivity contribution >= 4 is 17.5 Å². The average molecular weight is 370 g/mol. The lowest BCUT2D eigenvalue weighted by Crippen LogP contribution is -2.28. The number of hydrogen-bond donors (Lipinski definition) is 0. The third-order valence-corrected chi connectivity index (χ3v) is 4.31. The Morgan fingerprint density at radius 3 is 2.44 bits per heavy atom. The summed E-state index contributed by atoms with van der Waals surface area (Å²) < 4.78 is 10.7. The molecule has 0 saturated heterocycles. The van der Waals surface area contributed by atoms with Gasteiger partial charge in [-0.2, -0.15) is 0 Å². The van der Waals surface area contributed by atoms with Crippen molar-refractivity contribution in [2.75, 3.05) is 6.61 Å². The summed E-state index contributed by atoms with van der Waals surface area (Å²) in [6.07, 6.45) is 4.92. The van der Waals surface area contributed by atoms with E-state index in [1.165, 1.54) is 11.1 Å². The van der Waals surface area contributed by atoms with Gasteiger partial charge < -0.3 is 9.47 Å². The molecule has 5 heteroatoms. The third kappa shape index (κ3) is 5.39. The van der Waals surface area contributed by atoms with Gasteiger partial charge in [-0.1, -0.05) is 24.1 Å². The lowest BCUT2D eigenvalue weighted by Gasteiger charge is -2.07. The van der Waals surface area contributed by atoms with Crippen LogP contribution in [0, 0.1) is 0 Å². The van der Waals surface area contributed by atoms with Crippen molar-refractivity contribution in [2.24, 2.45) is 0 Å². The van der Waals surface area contributed by atoms with Gasteiger partial charge >= 0.3 is 5.97 Å². The number of carbonyl (C=O) groups excluding carboxylic acids is 3. The standard InChI is InChI=1S/C22H26O5/c1-5-19(23)27-22-20(24)17-10-9-16(13-18(17)21(22)25)26-12-11-15(4)8-6-7-14(2)3/h7,9-11,13,22H,5-6,8,12H2,1-4H3/b15-11+. The van der Waals surface area contributed by atoms with E-state index in [-0.39, 0.29) is 17.5 Å². The summed E-state index contributed by atoms with van der Waals surface area (Å²) in [4.78, 5) is 36.1. The largest absolute Gasteiger partial charge is 0.490 e. The summed E-state index contributed by atoms with van der Waals surface area (Å²) in [6.45, 7) is 8.21. The summed E-state index contributed by atoms with van der Waals surface area (Å²) in [6, 6.07) is 4.75. The molecule has 1 aromatic rings. The van der Waals surface area contributed by atoms with E-state index >= 15 is 0 Å². The summed E-state index contributed by atoms with van der Waals surface area (Å²) in [5, 5.41) is 0. The second-order valence-electron chi connectivity index (χ2n) is 6.84. The molecule has 144 valence electrons. The summed E-state index contributed by atoms with van der Waals surface area (Å²) in [5.74, 6) is -1.03. The first-order valence-electron chi connectivity index (χ1n) is 9.17. The van der Waals surface area contributed by atoms with Crippen molar-refractivity contribution in [2.45, 2.75) is 53.1 Å². The van der Waals surface area contributed by atoms with E-state index in [0.717, 1.165) is 12.8 Å². The molecule has 0 radical (unpaired) electrons. The number of rotatable bonds is 8. The number of carbonyl (C=O) groups is 3. The Bertz CT molecular complexity index is 797. The first-order chi connectivity index (χ1) is 12.8. The van der Waals surface area contributed by atoms with E-state index in [1.807, 2.05) is 6.08 Å². The predicted molar refractivity (Wildman–Crippen MR) is 103 cm³/mol. The maximum atomic E-state index is 12.4. The normalized spacial score (nSPS) is 16.1. The number of esters is 1. The Morgan fingerprint density at radius 2 is 1.78 bits per heavy atom. The first-order valence-corrected chi connectivity index (χ1v) is 9.17. The topological polar surface area (TPSA) is 69.7 Å². The van der Waals surface area contributed by atoms with Crippen molar-refractivity contribution in [3.63, 3.8) is 0 Å². The maximum Gasteiger partial charge on any atom is 0.306 e. The van der Waals surface area contributed by atoms with Crippen LogP contribution in [-0.4, -0.2) is 30.2 Å². The van der Waals surface area contributed by atoms with Gasteiger partial charge in [0.15, 0.2) is 0 Å². The van der Waals surface area contributed by atoms with Crippen LogP contribution in [0.4, 0.5) is 0 Å². The van der Waals surface area contributed by atoms with Crippen LogP contribution in [0.5, 0.6) is 5.75 Å². The smallest absolute Gasteiger partial charge is 0.306 e. The molecule has 5 nitrogen and oxygen atoms in total. The highest BCUT2D eigenvalue weighted by Gasteiger charge is 2.41. The fraction of sp³-hybridized carbons (Fsp3) is 0.409. The Morgan fingerprint density at radius 1 is 1.07 bits per heavy atom. The second-order valence-corrected chi connectivity index (χ2v) is 6.84. The summed E-state index contributed by atoms with van der Waals surface area (Å²) in [5.41, 5.74) is 3.05. The number of ether oxygens (including phenoxy) is 2. The van der Waals surface area contributed by atoms with E-state index in [1.54, 1.807) is 25.1 Å². The summed E-state index contributed by atoms with van der Waals surface area (Å²) in [7, 11) is 0. The van der Waals surface area contributed by atoms with Gasteiger partial charge in [0.2, 0.25) is 17.7 Å². The van der Waals surface area contributed by atoms with Gasteiger partial charge in [-0.05, 0) is 57.9 Å². The van der Waals surface area contributed by atoms with Crippen LogP contribution in [0.3, 0.4) is 0 Å². The van der Waals surface area contributed by atoms with E-state index in [4.69, 9.17) is 9.47 Å². The van der Waals surface area contributed by atoms with Crippen molar-refractivity contribution in [1.29, 1.82) is 0 Å². The van der Waals surface area contributed by atoms with E-state index in [2.05, 4.69) is 26.8 Å². The first kappa shape index (κ1) is 20.6. The molecule has 0 spiro atoms. The highest BCUT2D eigenvalue weighted by atomic mass is 16.6. The number of ketones is 2. The molecule has 0 heterocycles. The molecule has 0 aliphatic heterocycles. The SMILES string of the molecule is CCC(=O)OC1C(=O)c2ccc(OC/C=C(\C)CCC=C(C)C)cc2C1=O. The lowest BCUT2D eigenvalue weighted by atomic mass is 10.1. The van der Waals surface area contributed by atoms with Crippen LogP contribution < -0.4 is 4.74 Å². The van der Waals surface area contributed by atoms with E-state index in [9.17, 15) is 14.4 Å². The Labute approximate surface area is 160 Å². The molecule has 0 fully saturated rings. The van der Waals surface area contributed by atoms with Crippen molar-refractivity contribution < 1.29 is 23.9 Å². The quantitative estimate of drug-likeness (QED) is 0.384. The zero-order valence-electron chi connectivity index (χ0n) is 16.3. The molecule has 1 aliphatic carbocycles. The van der Waals surface area contributed by atoms with Crippen LogP contribution in [0.25, 0.3) is 0 Å². The highest BCUT2D eigenvalue weighted by molar-refractivity contribution is 6.29. The van der Waals surface area contributed by atoms with Gasteiger partial charge in [0, 0.05) is 17.5 Å². The molecule has 1 unspecified atom stereocenters. The van der Waals surface area contributed by atoms with Gasteiger partial charge in [-0.25, -0.2) is 0 Å². The minimum absolute atomic E-state index is 0.112. The van der Waals surface area contributed by atoms with Crippen molar-refractivity contribution in [1.82, 2.24) is 0 Å². The second kappa shape index (κ2) is 9.31. The van der Waals surface area contributed by atoms with Crippen molar-refractivity contribution in [3.8, 4) is 5.75 Å². The molecular weight excluding hydrogens is 344 g/mol. The van der Waals surface area contributed by atoms with Gasteiger partial charge in [0.1, 0.15) is 12.4 Å². The fourth-order valence-electron chi connectivity index (χ4n) is 2.73. The monoisotopic (exact) mass is 370 g/mol. The zero-order chi connectivity index (χ0) is 20.0. The Balaban J connectivity index is 1.99. The number of allylic oxidation sites excluding steroid dienone is 3. The number of benzene rings is 1. The molecule has 0 N–H and O–H groups in total. The molecule has 1 atom stereocenters. The highest BCUT2D eigenvalue weighted by Crippen LogP contribution is 2.28. The van der Waals surface area contributed by atoms with E-state index < -0.39 is 23.6 Å². The Hall–Kier alpha value is -2.69. The van der Waals surface area contributed by atoms with Crippen LogP contribution in [0.1, 0.15) is 67.7 Å². The van der Waals surface area contributed by atoms with E-state index in [0.29, 0.717) is 12.4 Å². The molecule has 0 aromatic heterocycles. The van der Waals surface area contributed by atoms with Crippen LogP contribution in [0.2, 0.25) is 0 Å². The van der Waals surface area contributed by atoms with Gasteiger partial charge in [0.25, 0.3) is 0 Å². The molecule has 0 bridgehead atoms. The number of fused-ring (bicyclic) bond motifs is 1. The number of hydrogen-bond acceptors (Lipinski definition) is 5. The molecule has 0 amide bonds. The van der Waals surface area contributed by atoms with Crippen molar-refractivity contribution in [3.05, 3.63) is 52.6 Å². The molecule has 1 aromatic carbocycles. The molecule has 1 aliphatic rings. The average Bonchev–Trinajstić information content (AvgIpc) is 2.86. The fourth-order valence-corrected chi connectivity index (χ4v) is 2.73.